The van der Waals surface area contributed by atoms with Crippen LogP contribution in [0.4, 0.5) is 0 Å². The highest BCUT2D eigenvalue weighted by Gasteiger charge is 2.40. The van der Waals surface area contributed by atoms with Crippen molar-refractivity contribution < 1.29 is 14.3 Å². The molecule has 2 heterocycles. The third kappa shape index (κ3) is 3.53. The van der Waals surface area contributed by atoms with Gasteiger partial charge in [-0.3, -0.25) is 4.79 Å². The summed E-state index contributed by atoms with van der Waals surface area (Å²) in [6, 6.07) is 0. The van der Waals surface area contributed by atoms with Gasteiger partial charge in [-0.2, -0.15) is 0 Å². The molecule has 0 aromatic carbocycles. The summed E-state index contributed by atoms with van der Waals surface area (Å²) in [7, 11) is 0. The van der Waals surface area contributed by atoms with E-state index >= 15 is 0 Å². The molecule has 18 heavy (non-hydrogen) atoms. The van der Waals surface area contributed by atoms with Crippen molar-refractivity contribution in [1.82, 2.24) is 0 Å². The second kappa shape index (κ2) is 6.64. The summed E-state index contributed by atoms with van der Waals surface area (Å²) in [5.74, 6) is 0.618. The lowest BCUT2D eigenvalue weighted by Gasteiger charge is -2.43. The van der Waals surface area contributed by atoms with Gasteiger partial charge < -0.3 is 15.2 Å². The van der Waals surface area contributed by atoms with Gasteiger partial charge in [-0.1, -0.05) is 0 Å². The molecule has 2 rings (SSSR count). The first-order chi connectivity index (χ1) is 8.76. The maximum absolute atomic E-state index is 12.2. The van der Waals surface area contributed by atoms with E-state index in [-0.39, 0.29) is 11.5 Å². The molecule has 2 saturated heterocycles. The third-order valence-corrected chi connectivity index (χ3v) is 4.23. The quantitative estimate of drug-likeness (QED) is 0.759. The largest absolute Gasteiger partial charge is 0.381 e. The Kier molecular flexibility index (Phi) is 5.15. The molecular weight excluding hydrogens is 230 g/mol. The normalized spacial score (nSPS) is 27.3. The smallest absolute Gasteiger partial charge is 0.136 e. The van der Waals surface area contributed by atoms with E-state index in [2.05, 4.69) is 0 Å². The predicted octanol–water partition coefficient (Wildman–Crippen LogP) is 1.66. The standard InChI is InChI=1S/C14H25NO3/c15-7-2-1-3-13(16)12-4-8-18-14(11-12)5-9-17-10-6-14/h12H,1-11,15H2. The summed E-state index contributed by atoms with van der Waals surface area (Å²) in [5.41, 5.74) is 5.39. The Bertz CT molecular complexity index is 269. The lowest BCUT2D eigenvalue weighted by atomic mass is 9.78. The number of ketones is 1. The van der Waals surface area contributed by atoms with Crippen molar-refractivity contribution in [2.24, 2.45) is 11.7 Å². The SMILES string of the molecule is NCCCCC(=O)C1CCOC2(CCOCC2)C1. The highest BCUT2D eigenvalue weighted by atomic mass is 16.5. The average molecular weight is 255 g/mol. The fraction of sp³-hybridized carbons (Fsp3) is 0.929. The van der Waals surface area contributed by atoms with Crippen LogP contribution < -0.4 is 5.73 Å². The molecule has 0 radical (unpaired) electrons. The van der Waals surface area contributed by atoms with Crippen molar-refractivity contribution in [2.45, 2.75) is 50.5 Å². The average Bonchev–Trinajstić information content (AvgIpc) is 2.40. The van der Waals surface area contributed by atoms with Gasteiger partial charge in [0.2, 0.25) is 0 Å². The van der Waals surface area contributed by atoms with E-state index in [1.807, 2.05) is 0 Å². The third-order valence-electron chi connectivity index (χ3n) is 4.23. The maximum Gasteiger partial charge on any atom is 0.136 e. The summed E-state index contributed by atoms with van der Waals surface area (Å²) < 4.78 is 11.4. The van der Waals surface area contributed by atoms with Crippen molar-refractivity contribution in [3.05, 3.63) is 0 Å². The van der Waals surface area contributed by atoms with Crippen LogP contribution in [0.3, 0.4) is 0 Å². The second-order valence-corrected chi connectivity index (χ2v) is 5.55. The number of Topliss-reactive ketones (excluding diaryl/α,β-unsaturated/α-hetero) is 1. The maximum atomic E-state index is 12.2. The van der Waals surface area contributed by atoms with Gasteiger partial charge in [-0.05, 0) is 45.1 Å². The van der Waals surface area contributed by atoms with Crippen LogP contribution in [0.1, 0.15) is 44.9 Å². The number of hydrogen-bond acceptors (Lipinski definition) is 4. The molecule has 0 aromatic rings. The van der Waals surface area contributed by atoms with Crippen molar-refractivity contribution in [3.8, 4) is 0 Å². The lowest BCUT2D eigenvalue weighted by molar-refractivity contribution is -0.157. The van der Waals surface area contributed by atoms with Crippen LogP contribution >= 0.6 is 0 Å². The van der Waals surface area contributed by atoms with E-state index in [4.69, 9.17) is 15.2 Å². The molecule has 2 aliphatic rings. The van der Waals surface area contributed by atoms with Crippen molar-refractivity contribution in [2.75, 3.05) is 26.4 Å². The van der Waals surface area contributed by atoms with Crippen LogP contribution in [0, 0.1) is 5.92 Å². The van der Waals surface area contributed by atoms with Crippen LogP contribution in [0.15, 0.2) is 0 Å². The van der Waals surface area contributed by atoms with E-state index < -0.39 is 0 Å². The van der Waals surface area contributed by atoms with Gasteiger partial charge in [-0.15, -0.1) is 0 Å². The van der Waals surface area contributed by atoms with Gasteiger partial charge in [0.1, 0.15) is 5.78 Å². The van der Waals surface area contributed by atoms with E-state index in [0.29, 0.717) is 18.7 Å². The summed E-state index contributed by atoms with van der Waals surface area (Å²) in [6.45, 7) is 2.96. The fourth-order valence-electron chi connectivity index (χ4n) is 3.04. The molecule has 4 heteroatoms. The van der Waals surface area contributed by atoms with E-state index in [0.717, 1.165) is 58.3 Å². The van der Waals surface area contributed by atoms with E-state index in [9.17, 15) is 4.79 Å². The zero-order valence-corrected chi connectivity index (χ0v) is 11.2. The zero-order chi connectivity index (χ0) is 12.8. The number of nitrogens with two attached hydrogens (primary N) is 1. The highest BCUT2D eigenvalue weighted by Crippen LogP contribution is 2.37. The van der Waals surface area contributed by atoms with Crippen LogP contribution in [-0.2, 0) is 14.3 Å². The predicted molar refractivity (Wildman–Crippen MR) is 69.4 cm³/mol. The minimum Gasteiger partial charge on any atom is -0.381 e. The highest BCUT2D eigenvalue weighted by molar-refractivity contribution is 5.81. The molecule has 104 valence electrons. The minimum atomic E-state index is -0.0648. The Hall–Kier alpha value is -0.450. The van der Waals surface area contributed by atoms with Gasteiger partial charge in [0, 0.05) is 32.2 Å². The van der Waals surface area contributed by atoms with Gasteiger partial charge in [-0.25, -0.2) is 0 Å². The van der Waals surface area contributed by atoms with Gasteiger partial charge in [0.25, 0.3) is 0 Å². The molecule has 0 saturated carbocycles. The summed E-state index contributed by atoms with van der Waals surface area (Å²) >= 11 is 0. The molecule has 0 aliphatic carbocycles. The summed E-state index contributed by atoms with van der Waals surface area (Å²) in [4.78, 5) is 12.2. The first-order valence-corrected chi connectivity index (χ1v) is 7.20. The number of carbonyl (C=O) groups excluding carboxylic acids is 1. The number of ether oxygens (including phenoxy) is 2. The first-order valence-electron chi connectivity index (χ1n) is 7.20. The number of unbranched alkanes of at least 4 members (excludes halogenated alkanes) is 1. The Balaban J connectivity index is 1.83. The van der Waals surface area contributed by atoms with Gasteiger partial charge >= 0.3 is 0 Å². The van der Waals surface area contributed by atoms with Crippen LogP contribution in [-0.4, -0.2) is 37.7 Å². The molecule has 2 fully saturated rings. The van der Waals surface area contributed by atoms with E-state index in [1.165, 1.54) is 0 Å². The molecule has 1 unspecified atom stereocenters. The molecule has 0 amide bonds. The minimum absolute atomic E-state index is 0.0648. The van der Waals surface area contributed by atoms with Gasteiger partial charge in [0.05, 0.1) is 5.60 Å². The Morgan fingerprint density at radius 2 is 2.00 bits per heavy atom. The summed E-state index contributed by atoms with van der Waals surface area (Å²) in [5, 5.41) is 0. The second-order valence-electron chi connectivity index (χ2n) is 5.55. The number of hydrogen-bond donors (Lipinski definition) is 1. The lowest BCUT2D eigenvalue weighted by Crippen LogP contribution is -2.45. The fourth-order valence-corrected chi connectivity index (χ4v) is 3.04. The molecule has 2 N–H and O–H groups in total. The van der Waals surface area contributed by atoms with Crippen molar-refractivity contribution in [3.63, 3.8) is 0 Å². The molecular formula is C14H25NO3. The molecule has 4 nitrogen and oxygen atoms in total. The summed E-state index contributed by atoms with van der Waals surface area (Å²) in [6.07, 6.45) is 6.26. The molecule has 2 aliphatic heterocycles. The Morgan fingerprint density at radius 1 is 1.22 bits per heavy atom. The zero-order valence-electron chi connectivity index (χ0n) is 11.2. The monoisotopic (exact) mass is 255 g/mol. The molecule has 1 atom stereocenters. The van der Waals surface area contributed by atoms with Crippen LogP contribution in [0.5, 0.6) is 0 Å². The van der Waals surface area contributed by atoms with E-state index in [1.54, 1.807) is 0 Å². The van der Waals surface area contributed by atoms with Gasteiger partial charge in [0.15, 0.2) is 0 Å². The molecule has 0 aromatic heterocycles. The number of rotatable bonds is 5. The molecule has 1 spiro atoms. The topological polar surface area (TPSA) is 61.6 Å². The Morgan fingerprint density at radius 3 is 2.72 bits per heavy atom. The van der Waals surface area contributed by atoms with Crippen molar-refractivity contribution >= 4 is 5.78 Å². The number of carbonyl (C=O) groups is 1. The van der Waals surface area contributed by atoms with Crippen molar-refractivity contribution in [1.29, 1.82) is 0 Å². The molecule has 0 bridgehead atoms. The van der Waals surface area contributed by atoms with Crippen LogP contribution in [0.2, 0.25) is 0 Å². The van der Waals surface area contributed by atoms with Crippen LogP contribution in [0.25, 0.3) is 0 Å². The first kappa shape index (κ1) is 14.0. The Labute approximate surface area is 109 Å².